The first-order chi connectivity index (χ1) is 7.86. The van der Waals surface area contributed by atoms with Gasteiger partial charge in [0, 0.05) is 12.2 Å². The van der Waals surface area contributed by atoms with Gasteiger partial charge in [0.25, 0.3) is 0 Å². The summed E-state index contributed by atoms with van der Waals surface area (Å²) in [6, 6.07) is 10.2. The Morgan fingerprint density at radius 1 is 1.31 bits per heavy atom. The first-order valence-corrected chi connectivity index (χ1v) is 6.79. The summed E-state index contributed by atoms with van der Waals surface area (Å²) in [5, 5.41) is 11.9. The van der Waals surface area contributed by atoms with Gasteiger partial charge in [-0.25, -0.2) is 0 Å². The number of thioether (sulfide) groups is 1. The molecule has 1 aromatic carbocycles. The van der Waals surface area contributed by atoms with Crippen molar-refractivity contribution < 1.29 is 0 Å². The van der Waals surface area contributed by atoms with E-state index in [0.717, 1.165) is 17.8 Å². The van der Waals surface area contributed by atoms with Crippen molar-refractivity contribution in [3.8, 4) is 6.07 Å². The molecule has 0 aromatic heterocycles. The van der Waals surface area contributed by atoms with E-state index in [9.17, 15) is 0 Å². The third-order valence-corrected chi connectivity index (χ3v) is 3.22. The molecule has 0 fully saturated rings. The Morgan fingerprint density at radius 2 is 2.06 bits per heavy atom. The third kappa shape index (κ3) is 5.09. The van der Waals surface area contributed by atoms with Crippen LogP contribution in [0, 0.1) is 11.3 Å². The first kappa shape index (κ1) is 12.9. The molecule has 1 N–H and O–H groups in total. The number of nitriles is 1. The number of rotatable bonds is 7. The number of hydrogen-bond acceptors (Lipinski definition) is 3. The lowest BCUT2D eigenvalue weighted by molar-refractivity contribution is 0.991. The van der Waals surface area contributed by atoms with Crippen LogP contribution in [0.25, 0.3) is 0 Å². The number of anilines is 1. The summed E-state index contributed by atoms with van der Waals surface area (Å²) in [7, 11) is 0. The minimum Gasteiger partial charge on any atom is -0.385 e. The monoisotopic (exact) mass is 234 g/mol. The third-order valence-electron chi connectivity index (χ3n) is 2.24. The Balaban J connectivity index is 2.24. The molecular formula is C13H18N2S. The summed E-state index contributed by atoms with van der Waals surface area (Å²) in [5.41, 5.74) is 2.22. The van der Waals surface area contributed by atoms with Crippen LogP contribution in [0.1, 0.15) is 18.9 Å². The van der Waals surface area contributed by atoms with Crippen molar-refractivity contribution in [2.45, 2.75) is 19.8 Å². The highest BCUT2D eigenvalue weighted by Gasteiger charge is 1.93. The fraction of sp³-hybridized carbons (Fsp3) is 0.462. The molecule has 0 amide bonds. The lowest BCUT2D eigenvalue weighted by Gasteiger charge is -2.06. The van der Waals surface area contributed by atoms with Crippen LogP contribution in [0.2, 0.25) is 0 Å². The Morgan fingerprint density at radius 3 is 2.69 bits per heavy atom. The molecule has 3 heteroatoms. The predicted octanol–water partition coefficient (Wildman–Crippen LogP) is 3.31. The van der Waals surface area contributed by atoms with Crippen molar-refractivity contribution in [2.24, 2.45) is 0 Å². The van der Waals surface area contributed by atoms with Crippen LogP contribution in [0.15, 0.2) is 24.3 Å². The van der Waals surface area contributed by atoms with Crippen molar-refractivity contribution in [3.05, 3.63) is 29.8 Å². The molecule has 0 aliphatic heterocycles. The zero-order chi connectivity index (χ0) is 11.6. The second kappa shape index (κ2) is 8.06. The summed E-state index contributed by atoms with van der Waals surface area (Å²) < 4.78 is 0. The van der Waals surface area contributed by atoms with Crippen LogP contribution in [0.4, 0.5) is 5.69 Å². The van der Waals surface area contributed by atoms with E-state index < -0.39 is 0 Å². The van der Waals surface area contributed by atoms with E-state index in [0.29, 0.717) is 6.42 Å². The van der Waals surface area contributed by atoms with Gasteiger partial charge in [-0.1, -0.05) is 19.1 Å². The van der Waals surface area contributed by atoms with Crippen molar-refractivity contribution in [1.82, 2.24) is 0 Å². The van der Waals surface area contributed by atoms with E-state index in [4.69, 9.17) is 5.26 Å². The predicted molar refractivity (Wildman–Crippen MR) is 71.9 cm³/mol. The average molecular weight is 234 g/mol. The topological polar surface area (TPSA) is 35.8 Å². The molecule has 0 heterocycles. The highest BCUT2D eigenvalue weighted by molar-refractivity contribution is 7.99. The van der Waals surface area contributed by atoms with Crippen molar-refractivity contribution in [2.75, 3.05) is 23.4 Å². The molecule has 2 nitrogen and oxygen atoms in total. The Bertz CT molecular complexity index is 327. The second-order valence-electron chi connectivity index (χ2n) is 3.51. The van der Waals surface area contributed by atoms with Crippen LogP contribution in [-0.4, -0.2) is 18.1 Å². The number of hydrogen-bond donors (Lipinski definition) is 1. The first-order valence-electron chi connectivity index (χ1n) is 5.64. The molecule has 0 unspecified atom stereocenters. The maximum atomic E-state index is 8.54. The lowest BCUT2D eigenvalue weighted by atomic mass is 10.1. The largest absolute Gasteiger partial charge is 0.385 e. The van der Waals surface area contributed by atoms with Gasteiger partial charge in [0.1, 0.15) is 0 Å². The van der Waals surface area contributed by atoms with Crippen molar-refractivity contribution in [1.29, 1.82) is 5.26 Å². The van der Waals surface area contributed by atoms with Crippen molar-refractivity contribution in [3.63, 3.8) is 0 Å². The highest BCUT2D eigenvalue weighted by atomic mass is 32.2. The van der Waals surface area contributed by atoms with Gasteiger partial charge < -0.3 is 5.32 Å². The van der Waals surface area contributed by atoms with Crippen LogP contribution in [-0.2, 0) is 6.42 Å². The summed E-state index contributed by atoms with van der Waals surface area (Å²) >= 11 is 1.98. The van der Waals surface area contributed by atoms with E-state index in [1.807, 2.05) is 36.0 Å². The van der Waals surface area contributed by atoms with Crippen LogP contribution >= 0.6 is 11.8 Å². The lowest BCUT2D eigenvalue weighted by Crippen LogP contribution is -2.02. The molecule has 0 aliphatic rings. The molecule has 0 radical (unpaired) electrons. The van der Waals surface area contributed by atoms with E-state index in [-0.39, 0.29) is 0 Å². The van der Waals surface area contributed by atoms with Gasteiger partial charge in [0.2, 0.25) is 0 Å². The number of benzene rings is 1. The van der Waals surface area contributed by atoms with Gasteiger partial charge in [0.05, 0.1) is 12.5 Å². The zero-order valence-corrected chi connectivity index (χ0v) is 10.5. The minimum atomic E-state index is 0.493. The summed E-state index contributed by atoms with van der Waals surface area (Å²) in [6.45, 7) is 3.20. The summed E-state index contributed by atoms with van der Waals surface area (Å²) in [4.78, 5) is 0. The van der Waals surface area contributed by atoms with Crippen molar-refractivity contribution >= 4 is 17.4 Å². The minimum absolute atomic E-state index is 0.493. The Labute approximate surface area is 102 Å². The molecule has 0 spiro atoms. The van der Waals surface area contributed by atoms with Crippen LogP contribution < -0.4 is 5.32 Å². The molecule has 86 valence electrons. The quantitative estimate of drug-likeness (QED) is 0.735. The fourth-order valence-electron chi connectivity index (χ4n) is 1.38. The molecule has 1 rings (SSSR count). The van der Waals surface area contributed by atoms with Gasteiger partial charge in [-0.3, -0.25) is 0 Å². The number of nitrogens with zero attached hydrogens (tertiary/aromatic N) is 1. The standard InChI is InChI=1S/C13H18N2S/c1-2-16-11-3-10-15-13-6-4-12(5-7-13)8-9-14/h4-7,15H,2-3,8,10-11H2,1H3. The SMILES string of the molecule is CCSCCCNc1ccc(CC#N)cc1. The molecule has 1 aromatic rings. The Kier molecular flexibility index (Phi) is 6.52. The summed E-state index contributed by atoms with van der Waals surface area (Å²) in [6.07, 6.45) is 1.69. The van der Waals surface area contributed by atoms with Crippen LogP contribution in [0.3, 0.4) is 0 Å². The van der Waals surface area contributed by atoms with Gasteiger partial charge in [-0.2, -0.15) is 17.0 Å². The Hall–Kier alpha value is -1.14. The van der Waals surface area contributed by atoms with Gasteiger partial charge in [-0.15, -0.1) is 0 Å². The smallest absolute Gasteiger partial charge is 0.0669 e. The molecule has 0 saturated carbocycles. The molecule has 0 saturated heterocycles. The van der Waals surface area contributed by atoms with Crippen LogP contribution in [0.5, 0.6) is 0 Å². The fourth-order valence-corrected chi connectivity index (χ4v) is 2.02. The maximum Gasteiger partial charge on any atom is 0.0669 e. The van der Waals surface area contributed by atoms with E-state index in [2.05, 4.69) is 18.3 Å². The molecule has 0 aliphatic carbocycles. The zero-order valence-electron chi connectivity index (χ0n) is 9.70. The van der Waals surface area contributed by atoms with E-state index >= 15 is 0 Å². The van der Waals surface area contributed by atoms with E-state index in [1.54, 1.807) is 0 Å². The second-order valence-corrected chi connectivity index (χ2v) is 4.90. The molecule has 16 heavy (non-hydrogen) atoms. The maximum absolute atomic E-state index is 8.54. The number of nitrogens with one attached hydrogen (secondary N) is 1. The normalized spacial score (nSPS) is 9.75. The van der Waals surface area contributed by atoms with Gasteiger partial charge in [0.15, 0.2) is 0 Å². The van der Waals surface area contributed by atoms with Gasteiger partial charge >= 0.3 is 0 Å². The molecule has 0 bridgehead atoms. The van der Waals surface area contributed by atoms with Gasteiger partial charge in [-0.05, 0) is 35.6 Å². The highest BCUT2D eigenvalue weighted by Crippen LogP contribution is 2.10. The molecular weight excluding hydrogens is 216 g/mol. The van der Waals surface area contributed by atoms with E-state index in [1.165, 1.54) is 17.9 Å². The average Bonchev–Trinajstić information content (AvgIpc) is 2.31. The molecule has 0 atom stereocenters. The summed E-state index contributed by atoms with van der Waals surface area (Å²) in [5.74, 6) is 2.42.